The maximum Gasteiger partial charge on any atom is 0.266 e. The first-order valence-corrected chi connectivity index (χ1v) is 7.69. The molecule has 0 aliphatic carbocycles. The summed E-state index contributed by atoms with van der Waals surface area (Å²) >= 11 is 5.84. The van der Waals surface area contributed by atoms with E-state index in [1.165, 1.54) is 18.2 Å². The lowest BCUT2D eigenvalue weighted by Gasteiger charge is -2.12. The number of halogens is 1. The molecule has 2 aromatic rings. The lowest BCUT2D eigenvalue weighted by atomic mass is 10.0. The molecule has 0 fully saturated rings. The molecule has 4 nitrogen and oxygen atoms in total. The highest BCUT2D eigenvalue weighted by atomic mass is 35.5. The summed E-state index contributed by atoms with van der Waals surface area (Å²) in [7, 11) is 0. The molecule has 0 radical (unpaired) electrons. The summed E-state index contributed by atoms with van der Waals surface area (Å²) in [5.41, 5.74) is 4.20. The van der Waals surface area contributed by atoms with Crippen molar-refractivity contribution in [1.82, 2.24) is 0 Å². The van der Waals surface area contributed by atoms with Gasteiger partial charge in [-0.15, -0.1) is 0 Å². The van der Waals surface area contributed by atoms with Crippen molar-refractivity contribution in [1.29, 1.82) is 5.26 Å². The van der Waals surface area contributed by atoms with Gasteiger partial charge in [0, 0.05) is 5.69 Å². The van der Waals surface area contributed by atoms with E-state index < -0.39 is 5.91 Å². The molecule has 0 atom stereocenters. The van der Waals surface area contributed by atoms with E-state index in [9.17, 15) is 15.2 Å². The third-order valence-corrected chi connectivity index (χ3v) is 3.87. The predicted octanol–water partition coefficient (Wildman–Crippen LogP) is 4.52. The minimum Gasteiger partial charge on any atom is -0.506 e. The molecule has 24 heavy (non-hydrogen) atoms. The van der Waals surface area contributed by atoms with Gasteiger partial charge in [-0.25, -0.2) is 0 Å². The molecule has 1 amide bonds. The van der Waals surface area contributed by atoms with Crippen LogP contribution in [0.3, 0.4) is 0 Å². The van der Waals surface area contributed by atoms with Gasteiger partial charge < -0.3 is 10.4 Å². The van der Waals surface area contributed by atoms with Crippen molar-refractivity contribution in [3.05, 3.63) is 63.2 Å². The normalized spacial score (nSPS) is 11.0. The van der Waals surface area contributed by atoms with Crippen LogP contribution in [0.15, 0.2) is 35.9 Å². The average Bonchev–Trinajstić information content (AvgIpc) is 2.51. The number of anilines is 1. The monoisotopic (exact) mass is 340 g/mol. The second-order valence-corrected chi connectivity index (χ2v) is 6.02. The summed E-state index contributed by atoms with van der Waals surface area (Å²) in [5.74, 6) is -0.542. The number of hydrogen-bond acceptors (Lipinski definition) is 3. The van der Waals surface area contributed by atoms with Gasteiger partial charge in [-0.2, -0.15) is 5.26 Å². The molecular weight excluding hydrogens is 324 g/mol. The second kappa shape index (κ2) is 7.20. The Bertz CT molecular complexity index is 856. The number of phenolic OH excluding ortho intramolecular Hbond substituents is 1. The first-order valence-electron chi connectivity index (χ1n) is 7.31. The highest BCUT2D eigenvalue weighted by Gasteiger charge is 2.13. The molecule has 0 spiro atoms. The number of nitrogens with zero attached hydrogens (tertiary/aromatic N) is 1. The molecule has 0 bridgehead atoms. The van der Waals surface area contributed by atoms with Crippen molar-refractivity contribution in [3.63, 3.8) is 0 Å². The van der Waals surface area contributed by atoms with E-state index in [0.29, 0.717) is 11.3 Å². The summed E-state index contributed by atoms with van der Waals surface area (Å²) < 4.78 is 0. The molecule has 0 unspecified atom stereocenters. The van der Waals surface area contributed by atoms with Crippen LogP contribution in [-0.4, -0.2) is 11.0 Å². The molecule has 0 heterocycles. The third-order valence-electron chi connectivity index (χ3n) is 3.56. The van der Waals surface area contributed by atoms with Crippen LogP contribution >= 0.6 is 11.6 Å². The van der Waals surface area contributed by atoms with Crippen LogP contribution in [0.1, 0.15) is 22.3 Å². The van der Waals surface area contributed by atoms with Crippen LogP contribution < -0.4 is 5.32 Å². The van der Waals surface area contributed by atoms with Crippen LogP contribution in [0.25, 0.3) is 6.08 Å². The molecule has 2 aromatic carbocycles. The molecule has 5 heteroatoms. The zero-order chi connectivity index (χ0) is 17.9. The van der Waals surface area contributed by atoms with Gasteiger partial charge in [0.05, 0.1) is 5.02 Å². The Morgan fingerprint density at radius 1 is 1.21 bits per heavy atom. The fourth-order valence-electron chi connectivity index (χ4n) is 2.49. The maximum atomic E-state index is 12.4. The zero-order valence-electron chi connectivity index (χ0n) is 13.6. The summed E-state index contributed by atoms with van der Waals surface area (Å²) in [6.45, 7) is 5.80. The average molecular weight is 341 g/mol. The van der Waals surface area contributed by atoms with Crippen LogP contribution in [0.5, 0.6) is 5.75 Å². The number of hydrogen-bond donors (Lipinski definition) is 2. The number of rotatable bonds is 3. The van der Waals surface area contributed by atoms with E-state index in [4.69, 9.17) is 11.6 Å². The van der Waals surface area contributed by atoms with Gasteiger partial charge in [0.25, 0.3) is 5.91 Å². The van der Waals surface area contributed by atoms with Crippen molar-refractivity contribution >= 4 is 29.3 Å². The lowest BCUT2D eigenvalue weighted by Crippen LogP contribution is -2.15. The summed E-state index contributed by atoms with van der Waals surface area (Å²) in [6.07, 6.45) is 1.43. The van der Waals surface area contributed by atoms with E-state index in [1.54, 1.807) is 6.07 Å². The van der Waals surface area contributed by atoms with Crippen molar-refractivity contribution < 1.29 is 9.90 Å². The Hall–Kier alpha value is -2.77. The first kappa shape index (κ1) is 17.6. The van der Waals surface area contributed by atoms with Gasteiger partial charge in [-0.1, -0.05) is 35.4 Å². The van der Waals surface area contributed by atoms with E-state index in [-0.39, 0.29) is 16.3 Å². The number of nitriles is 1. The van der Waals surface area contributed by atoms with E-state index in [1.807, 2.05) is 39.0 Å². The molecule has 2 N–H and O–H groups in total. The predicted molar refractivity (Wildman–Crippen MR) is 96.0 cm³/mol. The lowest BCUT2D eigenvalue weighted by molar-refractivity contribution is -0.112. The molecule has 0 aliphatic rings. The second-order valence-electron chi connectivity index (χ2n) is 5.61. The van der Waals surface area contributed by atoms with Crippen LogP contribution in [0, 0.1) is 32.1 Å². The standard InChI is InChI=1S/C19H17ClN2O2/c1-11-6-12(2)18(13(3)7-11)22-19(24)15(10-21)8-14-4-5-17(23)16(20)9-14/h4-9,23H,1-3H3,(H,22,24)/b15-8-. The van der Waals surface area contributed by atoms with Gasteiger partial charge in [-0.3, -0.25) is 4.79 Å². The van der Waals surface area contributed by atoms with Gasteiger partial charge in [-0.05, 0) is 55.7 Å². The molecule has 0 aromatic heterocycles. The quantitative estimate of drug-likeness (QED) is 0.637. The Kier molecular flexibility index (Phi) is 5.28. The molecule has 0 saturated carbocycles. The van der Waals surface area contributed by atoms with E-state index >= 15 is 0 Å². The van der Waals surface area contributed by atoms with Crippen LogP contribution in [0.4, 0.5) is 5.69 Å². The Labute approximate surface area is 146 Å². The van der Waals surface area contributed by atoms with Gasteiger partial charge in [0.1, 0.15) is 17.4 Å². The third kappa shape index (κ3) is 3.95. The van der Waals surface area contributed by atoms with Gasteiger partial charge in [0.15, 0.2) is 0 Å². The van der Waals surface area contributed by atoms with E-state index in [2.05, 4.69) is 5.32 Å². The van der Waals surface area contributed by atoms with Crippen molar-refractivity contribution in [2.24, 2.45) is 0 Å². The van der Waals surface area contributed by atoms with E-state index in [0.717, 1.165) is 16.7 Å². The summed E-state index contributed by atoms with van der Waals surface area (Å²) in [6, 6.07) is 10.3. The Morgan fingerprint density at radius 3 is 2.38 bits per heavy atom. The molecule has 2 rings (SSSR count). The summed E-state index contributed by atoms with van der Waals surface area (Å²) in [4.78, 5) is 12.4. The number of carbonyl (C=O) groups is 1. The largest absolute Gasteiger partial charge is 0.506 e. The van der Waals surface area contributed by atoms with Crippen LogP contribution in [-0.2, 0) is 4.79 Å². The molecule has 0 aliphatic heterocycles. The number of aromatic hydroxyl groups is 1. The first-order chi connectivity index (χ1) is 11.3. The molecule has 122 valence electrons. The number of nitrogens with one attached hydrogen (secondary N) is 1. The number of phenols is 1. The SMILES string of the molecule is Cc1cc(C)c(NC(=O)/C(C#N)=C\c2ccc(O)c(Cl)c2)c(C)c1. The molecule has 0 saturated heterocycles. The minimum absolute atomic E-state index is 0.0452. The Balaban J connectivity index is 2.31. The minimum atomic E-state index is -0.489. The van der Waals surface area contributed by atoms with Crippen LogP contribution in [0.2, 0.25) is 5.02 Å². The number of benzene rings is 2. The fourth-order valence-corrected chi connectivity index (χ4v) is 2.68. The van der Waals surface area contributed by atoms with Crippen molar-refractivity contribution in [3.8, 4) is 11.8 Å². The fraction of sp³-hybridized carbons (Fsp3) is 0.158. The smallest absolute Gasteiger partial charge is 0.266 e. The highest BCUT2D eigenvalue weighted by Crippen LogP contribution is 2.25. The number of amides is 1. The van der Waals surface area contributed by atoms with Crippen molar-refractivity contribution in [2.45, 2.75) is 20.8 Å². The topological polar surface area (TPSA) is 73.1 Å². The molecular formula is C19H17ClN2O2. The van der Waals surface area contributed by atoms with Gasteiger partial charge >= 0.3 is 0 Å². The van der Waals surface area contributed by atoms with Crippen molar-refractivity contribution in [2.75, 3.05) is 5.32 Å². The zero-order valence-corrected chi connectivity index (χ0v) is 14.4. The van der Waals surface area contributed by atoms with Gasteiger partial charge in [0.2, 0.25) is 0 Å². The Morgan fingerprint density at radius 2 is 1.83 bits per heavy atom. The number of carbonyl (C=O) groups excluding carboxylic acids is 1. The highest BCUT2D eigenvalue weighted by molar-refractivity contribution is 6.32. The maximum absolute atomic E-state index is 12.4. The summed E-state index contributed by atoms with van der Waals surface area (Å²) in [5, 5.41) is 21.7. The number of aryl methyl sites for hydroxylation is 3.